The fourth-order valence-corrected chi connectivity index (χ4v) is 4.18. The van der Waals surface area contributed by atoms with E-state index in [2.05, 4.69) is 9.88 Å². The summed E-state index contributed by atoms with van der Waals surface area (Å²) in [7, 11) is 0. The molecular weight excluding hydrogens is 372 g/mol. The molecule has 8 nitrogen and oxygen atoms in total. The van der Waals surface area contributed by atoms with E-state index in [4.69, 9.17) is 0 Å². The first-order valence-electron chi connectivity index (χ1n) is 10.0. The summed E-state index contributed by atoms with van der Waals surface area (Å²) in [5, 5.41) is 10.4. The van der Waals surface area contributed by atoms with Crippen molar-refractivity contribution in [3.8, 4) is 0 Å². The average Bonchev–Trinajstić information content (AvgIpc) is 3.34. The number of aliphatic hydroxyl groups is 1. The van der Waals surface area contributed by atoms with Crippen LogP contribution in [0.5, 0.6) is 0 Å². The lowest BCUT2D eigenvalue weighted by Crippen LogP contribution is -2.37. The molecule has 3 heterocycles. The highest BCUT2D eigenvalue weighted by Crippen LogP contribution is 2.23. The Bertz CT molecular complexity index is 1000. The molecule has 0 saturated carbocycles. The number of aromatic amines is 1. The molecule has 2 aliphatic rings. The van der Waals surface area contributed by atoms with Crippen LogP contribution >= 0.6 is 0 Å². The normalized spacial score (nSPS) is 22.3. The number of nitrogens with zero attached hydrogens (tertiary/aromatic N) is 3. The SMILES string of the molecule is Cc1cn([C@H]2CN(C(=O)c3ccc(CN4CCCC4)cc3)C[C@@H]2O)c(=O)[nH]c1=O. The fourth-order valence-electron chi connectivity index (χ4n) is 4.18. The largest absolute Gasteiger partial charge is 0.389 e. The van der Waals surface area contributed by atoms with Crippen molar-refractivity contribution in [3.05, 3.63) is 68.0 Å². The van der Waals surface area contributed by atoms with E-state index in [1.165, 1.54) is 29.2 Å². The number of likely N-dealkylation sites (tertiary alicyclic amines) is 2. The lowest BCUT2D eigenvalue weighted by Gasteiger charge is -2.18. The van der Waals surface area contributed by atoms with Crippen molar-refractivity contribution >= 4 is 5.91 Å². The van der Waals surface area contributed by atoms with Crippen LogP contribution in [0, 0.1) is 6.92 Å². The van der Waals surface area contributed by atoms with Crippen LogP contribution in [0.15, 0.2) is 40.1 Å². The van der Waals surface area contributed by atoms with Crippen molar-refractivity contribution in [2.75, 3.05) is 26.2 Å². The third-order valence-electron chi connectivity index (χ3n) is 5.86. The van der Waals surface area contributed by atoms with Gasteiger partial charge in [0.1, 0.15) is 0 Å². The highest BCUT2D eigenvalue weighted by atomic mass is 16.3. The second-order valence-electron chi connectivity index (χ2n) is 8.00. The van der Waals surface area contributed by atoms with E-state index < -0.39 is 23.4 Å². The number of carbonyl (C=O) groups excluding carboxylic acids is 1. The van der Waals surface area contributed by atoms with Crippen LogP contribution in [-0.2, 0) is 6.54 Å². The lowest BCUT2D eigenvalue weighted by molar-refractivity contribution is 0.0764. The molecule has 2 N–H and O–H groups in total. The van der Waals surface area contributed by atoms with E-state index in [1.54, 1.807) is 11.8 Å². The number of nitrogens with one attached hydrogen (secondary N) is 1. The summed E-state index contributed by atoms with van der Waals surface area (Å²) >= 11 is 0. The molecule has 2 fully saturated rings. The summed E-state index contributed by atoms with van der Waals surface area (Å²) in [5.41, 5.74) is 1.10. The summed E-state index contributed by atoms with van der Waals surface area (Å²) in [6.07, 6.45) is 3.05. The van der Waals surface area contributed by atoms with Crippen molar-refractivity contribution in [2.24, 2.45) is 0 Å². The first kappa shape index (κ1) is 19.6. The maximum absolute atomic E-state index is 12.9. The van der Waals surface area contributed by atoms with Crippen molar-refractivity contribution < 1.29 is 9.90 Å². The maximum atomic E-state index is 12.9. The first-order valence-corrected chi connectivity index (χ1v) is 10.0. The number of benzene rings is 1. The van der Waals surface area contributed by atoms with Crippen LogP contribution in [0.4, 0.5) is 0 Å². The molecule has 1 aromatic heterocycles. The van der Waals surface area contributed by atoms with E-state index in [0.717, 1.165) is 19.6 Å². The Balaban J connectivity index is 1.46. The summed E-state index contributed by atoms with van der Waals surface area (Å²) in [4.78, 5) is 42.8. The highest BCUT2D eigenvalue weighted by Gasteiger charge is 2.36. The molecule has 8 heteroatoms. The molecular formula is C21H26N4O4. The zero-order valence-corrected chi connectivity index (χ0v) is 16.5. The lowest BCUT2D eigenvalue weighted by atomic mass is 10.1. The number of hydrogen-bond acceptors (Lipinski definition) is 5. The maximum Gasteiger partial charge on any atom is 0.328 e. The molecule has 29 heavy (non-hydrogen) atoms. The van der Waals surface area contributed by atoms with Crippen LogP contribution in [-0.4, -0.2) is 62.6 Å². The van der Waals surface area contributed by atoms with Crippen molar-refractivity contribution in [1.82, 2.24) is 19.4 Å². The van der Waals surface area contributed by atoms with Gasteiger partial charge in [-0.05, 0) is 50.6 Å². The van der Waals surface area contributed by atoms with Crippen LogP contribution < -0.4 is 11.2 Å². The zero-order valence-electron chi connectivity index (χ0n) is 16.5. The molecule has 1 aromatic carbocycles. The Morgan fingerprint density at radius 3 is 2.52 bits per heavy atom. The first-order chi connectivity index (χ1) is 13.9. The van der Waals surface area contributed by atoms with E-state index in [1.807, 2.05) is 24.3 Å². The molecule has 0 unspecified atom stereocenters. The molecule has 0 aliphatic carbocycles. The van der Waals surface area contributed by atoms with Gasteiger partial charge in [0.05, 0.1) is 12.1 Å². The number of hydrogen-bond donors (Lipinski definition) is 2. The van der Waals surface area contributed by atoms with Gasteiger partial charge in [0.15, 0.2) is 0 Å². The molecule has 154 valence electrons. The summed E-state index contributed by atoms with van der Waals surface area (Å²) in [6.45, 7) is 5.09. The quantitative estimate of drug-likeness (QED) is 0.782. The van der Waals surface area contributed by atoms with E-state index >= 15 is 0 Å². The third-order valence-corrected chi connectivity index (χ3v) is 5.86. The van der Waals surface area contributed by atoms with Gasteiger partial charge in [-0.25, -0.2) is 4.79 Å². The Morgan fingerprint density at radius 1 is 1.14 bits per heavy atom. The Labute approximate surface area is 168 Å². The second-order valence-corrected chi connectivity index (χ2v) is 8.00. The highest BCUT2D eigenvalue weighted by molar-refractivity contribution is 5.94. The minimum Gasteiger partial charge on any atom is -0.389 e. The number of β-amino-alcohol motifs (C(OH)–C–C–N with tert-alkyl or cyclic N) is 1. The number of amides is 1. The second kappa shape index (κ2) is 7.96. The van der Waals surface area contributed by atoms with Crippen LogP contribution in [0.1, 0.15) is 40.4 Å². The fraction of sp³-hybridized carbons (Fsp3) is 0.476. The van der Waals surface area contributed by atoms with Crippen molar-refractivity contribution in [2.45, 2.75) is 38.5 Å². The van der Waals surface area contributed by atoms with Gasteiger partial charge >= 0.3 is 5.69 Å². The van der Waals surface area contributed by atoms with Crippen molar-refractivity contribution in [1.29, 1.82) is 0 Å². The molecule has 0 radical (unpaired) electrons. The molecule has 2 atom stereocenters. The third kappa shape index (κ3) is 4.04. The molecule has 2 aliphatic heterocycles. The molecule has 1 amide bonds. The topological polar surface area (TPSA) is 98.6 Å². The Kier molecular flexibility index (Phi) is 5.38. The van der Waals surface area contributed by atoms with Gasteiger partial charge in [0.25, 0.3) is 11.5 Å². The van der Waals surface area contributed by atoms with E-state index in [-0.39, 0.29) is 19.0 Å². The van der Waals surface area contributed by atoms with Crippen molar-refractivity contribution in [3.63, 3.8) is 0 Å². The van der Waals surface area contributed by atoms with Gasteiger partial charge in [-0.1, -0.05) is 12.1 Å². The summed E-state index contributed by atoms with van der Waals surface area (Å²) in [6, 6.07) is 7.01. The van der Waals surface area contributed by atoms with E-state index in [0.29, 0.717) is 11.1 Å². The predicted octanol–water partition coefficient (Wildman–Crippen LogP) is 0.499. The minimum atomic E-state index is -0.878. The number of aromatic nitrogens is 2. The van der Waals surface area contributed by atoms with Crippen LogP contribution in [0.25, 0.3) is 0 Å². The molecule has 2 saturated heterocycles. The molecule has 2 aromatic rings. The van der Waals surface area contributed by atoms with Crippen LogP contribution in [0.2, 0.25) is 0 Å². The molecule has 0 spiro atoms. The van der Waals surface area contributed by atoms with Gasteiger partial charge < -0.3 is 10.0 Å². The Hall–Kier alpha value is -2.71. The van der Waals surface area contributed by atoms with Gasteiger partial charge in [-0.15, -0.1) is 0 Å². The molecule has 4 rings (SSSR count). The van der Waals surface area contributed by atoms with Crippen LogP contribution in [0.3, 0.4) is 0 Å². The number of carbonyl (C=O) groups is 1. The number of aliphatic hydroxyl groups excluding tert-OH is 1. The monoisotopic (exact) mass is 398 g/mol. The minimum absolute atomic E-state index is 0.143. The van der Waals surface area contributed by atoms with E-state index in [9.17, 15) is 19.5 Å². The smallest absolute Gasteiger partial charge is 0.328 e. The van der Waals surface area contributed by atoms with Gasteiger partial charge in [-0.3, -0.25) is 24.0 Å². The van der Waals surface area contributed by atoms with Gasteiger partial charge in [0, 0.05) is 37.0 Å². The molecule has 0 bridgehead atoms. The van der Waals surface area contributed by atoms with Gasteiger partial charge in [0.2, 0.25) is 0 Å². The standard InChI is InChI=1S/C21H26N4O4/c1-14-10-25(21(29)22-19(14)27)17-12-24(13-18(17)26)20(28)16-6-4-15(5-7-16)11-23-8-2-3-9-23/h4-7,10,17-18,26H,2-3,8-9,11-13H2,1H3,(H,22,27,29)/t17-,18-/m0/s1. The zero-order chi connectivity index (χ0) is 20.5. The summed E-state index contributed by atoms with van der Waals surface area (Å²) in [5.74, 6) is -0.173. The average molecular weight is 398 g/mol. The number of aryl methyl sites for hydroxylation is 1. The van der Waals surface area contributed by atoms with Gasteiger partial charge in [-0.2, -0.15) is 0 Å². The number of H-pyrrole nitrogens is 1. The number of rotatable bonds is 4. The summed E-state index contributed by atoms with van der Waals surface area (Å²) < 4.78 is 1.31. The predicted molar refractivity (Wildman–Crippen MR) is 108 cm³/mol. The Morgan fingerprint density at radius 2 is 1.83 bits per heavy atom.